The normalized spacial score (nSPS) is 11.9. The topological polar surface area (TPSA) is 35.6 Å². The molecule has 10 aromatic rings. The number of fused-ring (bicyclic) bond motifs is 8. The summed E-state index contributed by atoms with van der Waals surface area (Å²) in [5.41, 5.74) is 7.49. The van der Waals surface area contributed by atoms with Gasteiger partial charge in [-0.3, -0.25) is 4.57 Å². The standard InChI is InChI=1S/C42H25ClN4/c43-35-17-10-11-26-24-40-34(25-32(26)35)30-15-6-9-20-38(30)47(40)42-31-16-4-7-18-36(31)44-41(45-42)27-21-22-39-33(23-27)29-14-5-8-19-37(29)46(39)28-12-2-1-3-13-28/h1-25H. The Hall–Kier alpha value is -5.97. The first-order valence-electron chi connectivity index (χ1n) is 15.7. The van der Waals surface area contributed by atoms with Crippen LogP contribution in [0.25, 0.3) is 88.2 Å². The van der Waals surface area contributed by atoms with Gasteiger partial charge in [-0.05, 0) is 78.2 Å². The Morgan fingerprint density at radius 3 is 1.89 bits per heavy atom. The fourth-order valence-corrected chi connectivity index (χ4v) is 7.49. The third-order valence-corrected chi connectivity index (χ3v) is 9.69. The van der Waals surface area contributed by atoms with Crippen LogP contribution in [-0.2, 0) is 0 Å². The minimum Gasteiger partial charge on any atom is -0.309 e. The maximum absolute atomic E-state index is 6.68. The van der Waals surface area contributed by atoms with Crippen molar-refractivity contribution in [1.82, 2.24) is 19.1 Å². The predicted octanol–water partition coefficient (Wildman–Crippen LogP) is 11.3. The molecule has 0 bridgehead atoms. The average Bonchev–Trinajstić information content (AvgIpc) is 3.63. The molecule has 0 atom stereocenters. The van der Waals surface area contributed by atoms with E-state index in [9.17, 15) is 0 Å². The Bertz CT molecular complexity index is 2860. The average molecular weight is 621 g/mol. The maximum atomic E-state index is 6.68. The van der Waals surface area contributed by atoms with E-state index in [1.807, 2.05) is 18.2 Å². The number of aromatic nitrogens is 4. The fourth-order valence-electron chi connectivity index (χ4n) is 7.26. The summed E-state index contributed by atoms with van der Waals surface area (Å²) < 4.78 is 4.62. The third-order valence-electron chi connectivity index (χ3n) is 9.36. The molecule has 0 spiro atoms. The van der Waals surface area contributed by atoms with Crippen molar-refractivity contribution in [1.29, 1.82) is 0 Å². The van der Waals surface area contributed by atoms with Crippen molar-refractivity contribution in [3.05, 3.63) is 157 Å². The highest BCUT2D eigenvalue weighted by Crippen LogP contribution is 2.39. The second kappa shape index (κ2) is 10.0. The zero-order valence-electron chi connectivity index (χ0n) is 25.1. The fraction of sp³-hybridized carbons (Fsp3) is 0. The first kappa shape index (κ1) is 26.3. The number of benzene rings is 7. The molecule has 0 aliphatic heterocycles. The monoisotopic (exact) mass is 620 g/mol. The van der Waals surface area contributed by atoms with E-state index >= 15 is 0 Å². The smallest absolute Gasteiger partial charge is 0.162 e. The molecule has 0 saturated carbocycles. The summed E-state index contributed by atoms with van der Waals surface area (Å²) in [5.74, 6) is 1.54. The molecule has 220 valence electrons. The molecule has 0 aliphatic carbocycles. The number of hydrogen-bond donors (Lipinski definition) is 0. The molecule has 0 aliphatic rings. The van der Waals surface area contributed by atoms with Crippen LogP contribution in [0.3, 0.4) is 0 Å². The van der Waals surface area contributed by atoms with E-state index in [4.69, 9.17) is 21.6 Å². The van der Waals surface area contributed by atoms with Crippen LogP contribution in [0.2, 0.25) is 5.02 Å². The predicted molar refractivity (Wildman–Crippen MR) is 196 cm³/mol. The van der Waals surface area contributed by atoms with Crippen molar-refractivity contribution in [2.75, 3.05) is 0 Å². The molecule has 0 radical (unpaired) electrons. The summed E-state index contributed by atoms with van der Waals surface area (Å²) >= 11 is 6.68. The van der Waals surface area contributed by atoms with Crippen molar-refractivity contribution >= 4 is 76.9 Å². The molecule has 3 heterocycles. The first-order valence-corrected chi connectivity index (χ1v) is 16.1. The van der Waals surface area contributed by atoms with Gasteiger partial charge in [0.05, 0.1) is 27.6 Å². The zero-order valence-corrected chi connectivity index (χ0v) is 25.9. The van der Waals surface area contributed by atoms with Crippen LogP contribution in [0.1, 0.15) is 0 Å². The van der Waals surface area contributed by atoms with Crippen LogP contribution in [0.5, 0.6) is 0 Å². The largest absolute Gasteiger partial charge is 0.309 e. The molecule has 47 heavy (non-hydrogen) atoms. The van der Waals surface area contributed by atoms with Crippen molar-refractivity contribution < 1.29 is 0 Å². The minimum absolute atomic E-state index is 0.687. The maximum Gasteiger partial charge on any atom is 0.162 e. The van der Waals surface area contributed by atoms with Gasteiger partial charge in [-0.25, -0.2) is 9.97 Å². The molecular formula is C42H25ClN4. The quantitative estimate of drug-likeness (QED) is 0.197. The Balaban J connectivity index is 1.27. The van der Waals surface area contributed by atoms with E-state index in [0.29, 0.717) is 5.82 Å². The lowest BCUT2D eigenvalue weighted by atomic mass is 10.1. The summed E-state index contributed by atoms with van der Waals surface area (Å²) in [6.07, 6.45) is 0. The van der Waals surface area contributed by atoms with E-state index in [2.05, 4.69) is 143 Å². The minimum atomic E-state index is 0.687. The molecule has 0 amide bonds. The van der Waals surface area contributed by atoms with Gasteiger partial charge in [0.1, 0.15) is 5.82 Å². The molecular weight excluding hydrogens is 596 g/mol. The molecule has 5 heteroatoms. The summed E-state index contributed by atoms with van der Waals surface area (Å²) in [5, 5.41) is 8.53. The van der Waals surface area contributed by atoms with Crippen molar-refractivity contribution in [2.24, 2.45) is 0 Å². The second-order valence-electron chi connectivity index (χ2n) is 12.0. The SMILES string of the molecule is Clc1cccc2cc3c(cc12)c1ccccc1n3-c1nc(-c2ccc3c(c2)c2ccccc2n3-c2ccccc2)nc2ccccc12. The lowest BCUT2D eigenvalue weighted by molar-refractivity contribution is 1.08. The molecule has 0 N–H and O–H groups in total. The van der Waals surface area contributed by atoms with Crippen LogP contribution >= 0.6 is 11.6 Å². The van der Waals surface area contributed by atoms with E-state index < -0.39 is 0 Å². The van der Waals surface area contributed by atoms with E-state index in [-0.39, 0.29) is 0 Å². The first-order chi connectivity index (χ1) is 23.2. The molecule has 0 unspecified atom stereocenters. The van der Waals surface area contributed by atoms with Gasteiger partial charge >= 0.3 is 0 Å². The molecule has 7 aromatic carbocycles. The number of nitrogens with zero attached hydrogens (tertiary/aromatic N) is 4. The summed E-state index contributed by atoms with van der Waals surface area (Å²) in [7, 11) is 0. The summed E-state index contributed by atoms with van der Waals surface area (Å²) in [6.45, 7) is 0. The van der Waals surface area contributed by atoms with E-state index in [1.54, 1.807) is 0 Å². The molecule has 3 aromatic heterocycles. The van der Waals surface area contributed by atoms with Gasteiger partial charge in [0, 0.05) is 48.6 Å². The third kappa shape index (κ3) is 3.89. The zero-order chi connectivity index (χ0) is 31.1. The van der Waals surface area contributed by atoms with Gasteiger partial charge in [-0.1, -0.05) is 90.5 Å². The van der Waals surface area contributed by atoms with E-state index in [0.717, 1.165) is 71.1 Å². The Morgan fingerprint density at radius 1 is 0.426 bits per heavy atom. The van der Waals surface area contributed by atoms with E-state index in [1.165, 1.54) is 16.3 Å². The van der Waals surface area contributed by atoms with Crippen molar-refractivity contribution in [3.63, 3.8) is 0 Å². The van der Waals surface area contributed by atoms with Crippen LogP contribution in [0.15, 0.2) is 152 Å². The molecule has 10 rings (SSSR count). The number of halogens is 1. The summed E-state index contributed by atoms with van der Waals surface area (Å²) in [4.78, 5) is 10.5. The molecule has 0 fully saturated rings. The number of hydrogen-bond acceptors (Lipinski definition) is 2. The van der Waals surface area contributed by atoms with Gasteiger partial charge in [0.2, 0.25) is 0 Å². The van der Waals surface area contributed by atoms with Gasteiger partial charge < -0.3 is 4.57 Å². The highest BCUT2D eigenvalue weighted by atomic mass is 35.5. The lowest BCUT2D eigenvalue weighted by Gasteiger charge is -2.13. The Labute approximate surface area is 274 Å². The summed E-state index contributed by atoms with van der Waals surface area (Å²) in [6, 6.07) is 53.1. The molecule has 0 saturated heterocycles. The van der Waals surface area contributed by atoms with Crippen LogP contribution < -0.4 is 0 Å². The number of rotatable bonds is 3. The van der Waals surface area contributed by atoms with Crippen LogP contribution in [0.4, 0.5) is 0 Å². The van der Waals surface area contributed by atoms with Crippen LogP contribution in [-0.4, -0.2) is 19.1 Å². The van der Waals surface area contributed by atoms with Crippen LogP contribution in [0, 0.1) is 0 Å². The highest BCUT2D eigenvalue weighted by Gasteiger charge is 2.20. The van der Waals surface area contributed by atoms with Crippen molar-refractivity contribution in [3.8, 4) is 22.9 Å². The Kier molecular flexibility index (Phi) is 5.60. The van der Waals surface area contributed by atoms with Gasteiger partial charge in [-0.2, -0.15) is 0 Å². The second-order valence-corrected chi connectivity index (χ2v) is 12.4. The van der Waals surface area contributed by atoms with Crippen molar-refractivity contribution in [2.45, 2.75) is 0 Å². The van der Waals surface area contributed by atoms with Gasteiger partial charge in [0.25, 0.3) is 0 Å². The Morgan fingerprint density at radius 2 is 1.09 bits per heavy atom. The van der Waals surface area contributed by atoms with Gasteiger partial charge in [-0.15, -0.1) is 0 Å². The highest BCUT2D eigenvalue weighted by molar-refractivity contribution is 6.36. The number of para-hydroxylation sites is 4. The lowest BCUT2D eigenvalue weighted by Crippen LogP contribution is -2.02. The molecule has 4 nitrogen and oxygen atoms in total. The van der Waals surface area contributed by atoms with Gasteiger partial charge in [0.15, 0.2) is 5.82 Å².